The molecule has 4 rings (SSSR count). The Morgan fingerprint density at radius 2 is 2.04 bits per heavy atom. The first kappa shape index (κ1) is 15.2. The second-order valence-electron chi connectivity index (χ2n) is 6.84. The number of pyridine rings is 1. The maximum atomic E-state index is 13.0. The molecule has 1 aromatic carbocycles. The third-order valence-corrected chi connectivity index (χ3v) is 4.91. The quantitative estimate of drug-likeness (QED) is 0.900. The van der Waals surface area contributed by atoms with Crippen molar-refractivity contribution in [3.8, 4) is 11.3 Å². The Morgan fingerprint density at radius 1 is 1.29 bits per heavy atom. The van der Waals surface area contributed by atoms with Crippen LogP contribution in [0, 0.1) is 11.8 Å². The van der Waals surface area contributed by atoms with E-state index < -0.39 is 17.7 Å². The zero-order valence-corrected chi connectivity index (χ0v) is 13.3. The van der Waals surface area contributed by atoms with Crippen molar-refractivity contribution in [2.24, 2.45) is 11.8 Å². The van der Waals surface area contributed by atoms with Crippen molar-refractivity contribution in [3.05, 3.63) is 48.2 Å². The highest BCUT2D eigenvalue weighted by Crippen LogP contribution is 2.51. The highest BCUT2D eigenvalue weighted by Gasteiger charge is 2.61. The number of aromatic nitrogens is 1. The lowest BCUT2D eigenvalue weighted by molar-refractivity contribution is -0.119. The van der Waals surface area contributed by atoms with Gasteiger partial charge in [-0.25, -0.2) is 8.78 Å². The molecule has 24 heavy (non-hydrogen) atoms. The van der Waals surface area contributed by atoms with Crippen molar-refractivity contribution in [1.29, 1.82) is 0 Å². The Bertz CT molecular complexity index is 791. The Labute approximate surface area is 139 Å². The van der Waals surface area contributed by atoms with E-state index in [1.54, 1.807) is 12.3 Å². The average Bonchev–Trinajstić information content (AvgIpc) is 3.45. The molecule has 124 valence electrons. The lowest BCUT2D eigenvalue weighted by atomic mass is 9.98. The first-order valence-corrected chi connectivity index (χ1v) is 8.20. The lowest BCUT2D eigenvalue weighted by Crippen LogP contribution is -2.17. The molecule has 1 N–H and O–H groups in total. The molecule has 1 heterocycles. The molecule has 1 aromatic heterocycles. The van der Waals surface area contributed by atoms with Gasteiger partial charge in [-0.1, -0.05) is 19.1 Å². The van der Waals surface area contributed by atoms with Gasteiger partial charge in [-0.15, -0.1) is 0 Å². The van der Waals surface area contributed by atoms with E-state index in [9.17, 15) is 13.6 Å². The molecule has 2 saturated carbocycles. The zero-order valence-electron chi connectivity index (χ0n) is 13.3. The number of rotatable bonds is 4. The summed E-state index contributed by atoms with van der Waals surface area (Å²) in [4.78, 5) is 16.3. The molecule has 2 aliphatic rings. The van der Waals surface area contributed by atoms with Crippen LogP contribution in [0.15, 0.2) is 42.6 Å². The van der Waals surface area contributed by atoms with E-state index in [1.807, 2.05) is 30.3 Å². The van der Waals surface area contributed by atoms with E-state index in [1.165, 1.54) is 5.56 Å². The zero-order chi connectivity index (χ0) is 16.9. The van der Waals surface area contributed by atoms with Crippen LogP contribution >= 0.6 is 0 Å². The van der Waals surface area contributed by atoms with E-state index in [0.29, 0.717) is 17.5 Å². The third kappa shape index (κ3) is 2.79. The van der Waals surface area contributed by atoms with E-state index in [-0.39, 0.29) is 6.42 Å². The predicted molar refractivity (Wildman–Crippen MR) is 87.9 cm³/mol. The molecule has 1 amide bonds. The number of hydrogen-bond donors (Lipinski definition) is 1. The third-order valence-electron chi connectivity index (χ3n) is 4.91. The van der Waals surface area contributed by atoms with Crippen LogP contribution < -0.4 is 5.32 Å². The Balaban J connectivity index is 1.64. The molecular formula is C19H18F2N2O. The number of carbonyl (C=O) groups excluding carboxylic acids is 1. The van der Waals surface area contributed by atoms with E-state index >= 15 is 0 Å². The molecule has 0 aliphatic heterocycles. The number of benzene rings is 1. The summed E-state index contributed by atoms with van der Waals surface area (Å²) in [5.41, 5.74) is 3.54. The van der Waals surface area contributed by atoms with Crippen LogP contribution in [-0.4, -0.2) is 16.8 Å². The van der Waals surface area contributed by atoms with Crippen molar-refractivity contribution in [2.45, 2.75) is 31.6 Å². The summed E-state index contributed by atoms with van der Waals surface area (Å²) in [5.74, 6) is -3.52. The fourth-order valence-electron chi connectivity index (χ4n) is 3.18. The van der Waals surface area contributed by atoms with Gasteiger partial charge in [0.25, 0.3) is 5.92 Å². The van der Waals surface area contributed by atoms with Crippen LogP contribution in [0.5, 0.6) is 0 Å². The van der Waals surface area contributed by atoms with E-state index in [2.05, 4.69) is 17.2 Å². The van der Waals surface area contributed by atoms with Gasteiger partial charge in [0.1, 0.15) is 5.92 Å². The van der Waals surface area contributed by atoms with Crippen LogP contribution in [0.2, 0.25) is 0 Å². The molecule has 0 spiro atoms. The summed E-state index contributed by atoms with van der Waals surface area (Å²) < 4.78 is 26.1. The monoisotopic (exact) mass is 328 g/mol. The Morgan fingerprint density at radius 3 is 2.62 bits per heavy atom. The number of halogens is 2. The maximum absolute atomic E-state index is 13.0. The highest BCUT2D eigenvalue weighted by molar-refractivity contribution is 5.96. The van der Waals surface area contributed by atoms with Crippen LogP contribution in [0.1, 0.15) is 31.2 Å². The highest BCUT2D eigenvalue weighted by atomic mass is 19.3. The number of hydrogen-bond acceptors (Lipinski definition) is 2. The first-order valence-electron chi connectivity index (χ1n) is 8.20. The number of carbonyl (C=O) groups is 1. The van der Waals surface area contributed by atoms with Crippen molar-refractivity contribution in [3.63, 3.8) is 0 Å². The summed E-state index contributed by atoms with van der Waals surface area (Å²) in [6, 6.07) is 11.3. The molecule has 0 unspecified atom stereocenters. The average molecular weight is 328 g/mol. The number of anilines is 1. The molecular weight excluding hydrogens is 310 g/mol. The first-order chi connectivity index (χ1) is 11.5. The molecule has 3 atom stereocenters. The topological polar surface area (TPSA) is 42.0 Å². The van der Waals surface area contributed by atoms with Gasteiger partial charge in [0.2, 0.25) is 5.91 Å². The molecule has 5 heteroatoms. The van der Waals surface area contributed by atoms with Gasteiger partial charge in [0.15, 0.2) is 0 Å². The molecule has 2 fully saturated rings. The minimum absolute atomic E-state index is 0.358. The lowest BCUT2D eigenvalue weighted by Gasteiger charge is -2.12. The largest absolute Gasteiger partial charge is 0.326 e. The molecule has 0 bridgehead atoms. The van der Waals surface area contributed by atoms with Gasteiger partial charge in [-0.3, -0.25) is 9.78 Å². The molecule has 3 nitrogen and oxygen atoms in total. The van der Waals surface area contributed by atoms with E-state index in [0.717, 1.165) is 17.7 Å². The fraction of sp³-hybridized carbons (Fsp3) is 0.368. The minimum atomic E-state index is -2.85. The summed E-state index contributed by atoms with van der Waals surface area (Å²) in [7, 11) is 0. The van der Waals surface area contributed by atoms with Gasteiger partial charge in [-0.2, -0.15) is 0 Å². The number of amides is 1. The summed E-state index contributed by atoms with van der Waals surface area (Å²) in [5, 5.41) is 2.62. The smallest absolute Gasteiger partial charge is 0.260 e. The van der Waals surface area contributed by atoms with Gasteiger partial charge in [-0.05, 0) is 48.1 Å². The van der Waals surface area contributed by atoms with Crippen LogP contribution in [0.25, 0.3) is 11.3 Å². The summed E-state index contributed by atoms with van der Waals surface area (Å²) >= 11 is 0. The standard InChI is InChI=1S/C19H18F2N2O/c1-11-8-14(11)13-6-5-12(23-18(24)16-10-19(16,20)21)9-15(13)17-4-2-3-7-22-17/h2-7,9,11,14,16H,8,10H2,1H3,(H,23,24)/t11-,14-,16-/m0/s1. The van der Waals surface area contributed by atoms with Crippen LogP contribution in [-0.2, 0) is 4.79 Å². The van der Waals surface area contributed by atoms with E-state index in [4.69, 9.17) is 0 Å². The Hall–Kier alpha value is -2.30. The SMILES string of the molecule is C[C@H]1C[C@@H]1c1ccc(NC(=O)[C@@H]2CC2(F)F)cc1-c1ccccn1. The second kappa shape index (κ2) is 5.36. The van der Waals surface area contributed by atoms with Gasteiger partial charge in [0, 0.05) is 23.9 Å². The van der Waals surface area contributed by atoms with Crippen molar-refractivity contribution in [2.75, 3.05) is 5.32 Å². The normalized spacial score (nSPS) is 26.7. The number of nitrogens with zero attached hydrogens (tertiary/aromatic N) is 1. The van der Waals surface area contributed by atoms with Gasteiger partial charge in [0.05, 0.1) is 5.69 Å². The Kier molecular flexibility index (Phi) is 3.41. The van der Waals surface area contributed by atoms with Crippen molar-refractivity contribution in [1.82, 2.24) is 4.98 Å². The summed E-state index contributed by atoms with van der Waals surface area (Å²) in [6.45, 7) is 2.21. The number of nitrogens with one attached hydrogen (secondary N) is 1. The fourth-order valence-corrected chi connectivity index (χ4v) is 3.18. The van der Waals surface area contributed by atoms with Gasteiger partial charge < -0.3 is 5.32 Å². The second-order valence-corrected chi connectivity index (χ2v) is 6.84. The molecule has 0 saturated heterocycles. The molecule has 2 aliphatic carbocycles. The van der Waals surface area contributed by atoms with Crippen molar-refractivity contribution >= 4 is 11.6 Å². The van der Waals surface area contributed by atoms with Crippen LogP contribution in [0.4, 0.5) is 14.5 Å². The van der Waals surface area contributed by atoms with Crippen molar-refractivity contribution < 1.29 is 13.6 Å². The van der Waals surface area contributed by atoms with Crippen LogP contribution in [0.3, 0.4) is 0 Å². The molecule has 0 radical (unpaired) electrons. The molecule has 2 aromatic rings. The van der Waals surface area contributed by atoms with Gasteiger partial charge >= 0.3 is 0 Å². The predicted octanol–water partition coefficient (Wildman–Crippen LogP) is 4.47. The maximum Gasteiger partial charge on any atom is 0.260 e. The number of alkyl halides is 2. The minimum Gasteiger partial charge on any atom is -0.326 e. The summed E-state index contributed by atoms with van der Waals surface area (Å²) in [6.07, 6.45) is 2.51.